The predicted octanol–water partition coefficient (Wildman–Crippen LogP) is 0.496. The van der Waals surface area contributed by atoms with Gasteiger partial charge in [0.15, 0.2) is 0 Å². The number of amides is 1. The van der Waals surface area contributed by atoms with Crippen molar-refractivity contribution in [1.29, 1.82) is 0 Å². The minimum Gasteiger partial charge on any atom is -0.379 e. The van der Waals surface area contributed by atoms with Crippen LogP contribution in [0.2, 0.25) is 0 Å². The Hall–Kier alpha value is -0.650. The number of nitrogens with zero attached hydrogens (tertiary/aromatic N) is 1. The van der Waals surface area contributed by atoms with E-state index in [-0.39, 0.29) is 12.0 Å². The van der Waals surface area contributed by atoms with E-state index in [1.54, 1.807) is 0 Å². The lowest BCUT2D eigenvalue weighted by molar-refractivity contribution is -0.144. The predicted molar refractivity (Wildman–Crippen MR) is 70.5 cm³/mol. The molecule has 0 radical (unpaired) electrons. The molecule has 1 amide bonds. The molecule has 0 aromatic rings. The van der Waals surface area contributed by atoms with Crippen molar-refractivity contribution < 1.29 is 14.3 Å². The zero-order valence-electron chi connectivity index (χ0n) is 11.8. The van der Waals surface area contributed by atoms with Crippen LogP contribution in [0, 0.1) is 5.92 Å². The summed E-state index contributed by atoms with van der Waals surface area (Å²) in [6, 6.07) is 0. The van der Waals surface area contributed by atoms with Crippen LogP contribution in [0.1, 0.15) is 20.8 Å². The van der Waals surface area contributed by atoms with E-state index in [0.29, 0.717) is 19.1 Å². The Labute approximate surface area is 110 Å². The second kappa shape index (κ2) is 8.45. The first kappa shape index (κ1) is 15.4. The Kier molecular flexibility index (Phi) is 7.23. The van der Waals surface area contributed by atoms with Crippen LogP contribution in [0.4, 0.5) is 0 Å². The van der Waals surface area contributed by atoms with Crippen molar-refractivity contribution in [3.63, 3.8) is 0 Å². The molecule has 18 heavy (non-hydrogen) atoms. The molecule has 1 aliphatic heterocycles. The van der Waals surface area contributed by atoms with Gasteiger partial charge in [-0.15, -0.1) is 0 Å². The summed E-state index contributed by atoms with van der Waals surface area (Å²) in [4.78, 5) is 13.9. The van der Waals surface area contributed by atoms with Gasteiger partial charge in [0.05, 0.1) is 13.2 Å². The minimum absolute atomic E-state index is 0.0837. The zero-order chi connectivity index (χ0) is 13.4. The van der Waals surface area contributed by atoms with Crippen molar-refractivity contribution in [2.75, 3.05) is 46.0 Å². The molecule has 0 aromatic carbocycles. The Balaban J connectivity index is 2.11. The standard InChI is InChI=1S/C13H26N2O3/c1-11(2)10-17-8-9-18-12(3)13(16)15-6-4-14-5-7-15/h11-12,14H,4-10H2,1-3H3. The molecule has 106 valence electrons. The van der Waals surface area contributed by atoms with Gasteiger partial charge < -0.3 is 19.7 Å². The van der Waals surface area contributed by atoms with Gasteiger partial charge in [0.2, 0.25) is 0 Å². The number of nitrogens with one attached hydrogen (secondary N) is 1. The second-order valence-electron chi connectivity index (χ2n) is 5.06. The fourth-order valence-corrected chi connectivity index (χ4v) is 1.82. The Morgan fingerprint density at radius 2 is 1.89 bits per heavy atom. The van der Waals surface area contributed by atoms with Crippen molar-refractivity contribution in [1.82, 2.24) is 10.2 Å². The molecule has 0 spiro atoms. The van der Waals surface area contributed by atoms with Gasteiger partial charge >= 0.3 is 0 Å². The van der Waals surface area contributed by atoms with Crippen molar-refractivity contribution in [2.24, 2.45) is 5.92 Å². The number of hydrogen-bond donors (Lipinski definition) is 1. The number of rotatable bonds is 7. The number of carbonyl (C=O) groups is 1. The largest absolute Gasteiger partial charge is 0.379 e. The smallest absolute Gasteiger partial charge is 0.251 e. The average molecular weight is 258 g/mol. The number of ether oxygens (including phenoxy) is 2. The maximum absolute atomic E-state index is 12.0. The van der Waals surface area contributed by atoms with E-state index in [0.717, 1.165) is 32.8 Å². The van der Waals surface area contributed by atoms with Crippen LogP contribution in [0.15, 0.2) is 0 Å². The van der Waals surface area contributed by atoms with E-state index in [2.05, 4.69) is 19.2 Å². The molecule has 1 saturated heterocycles. The third-order valence-corrected chi connectivity index (χ3v) is 2.82. The van der Waals surface area contributed by atoms with Crippen LogP contribution >= 0.6 is 0 Å². The van der Waals surface area contributed by atoms with E-state index >= 15 is 0 Å². The number of hydrogen-bond acceptors (Lipinski definition) is 4. The van der Waals surface area contributed by atoms with E-state index in [9.17, 15) is 4.79 Å². The van der Waals surface area contributed by atoms with Crippen LogP contribution in [0.25, 0.3) is 0 Å². The molecule has 0 aliphatic carbocycles. The quantitative estimate of drug-likeness (QED) is 0.676. The minimum atomic E-state index is -0.370. The van der Waals surface area contributed by atoms with Crippen LogP contribution < -0.4 is 5.32 Å². The molecule has 1 N–H and O–H groups in total. The van der Waals surface area contributed by atoms with Gasteiger partial charge in [0.25, 0.3) is 5.91 Å². The molecule has 0 saturated carbocycles. The van der Waals surface area contributed by atoms with E-state index < -0.39 is 0 Å². The highest BCUT2D eigenvalue weighted by molar-refractivity contribution is 5.80. The van der Waals surface area contributed by atoms with Gasteiger partial charge in [-0.1, -0.05) is 13.8 Å². The fourth-order valence-electron chi connectivity index (χ4n) is 1.82. The van der Waals surface area contributed by atoms with Crippen LogP contribution in [0.3, 0.4) is 0 Å². The van der Waals surface area contributed by atoms with Crippen molar-refractivity contribution >= 4 is 5.91 Å². The monoisotopic (exact) mass is 258 g/mol. The highest BCUT2D eigenvalue weighted by Crippen LogP contribution is 2.01. The summed E-state index contributed by atoms with van der Waals surface area (Å²) in [6.45, 7) is 11.1. The molecule has 1 unspecified atom stereocenters. The topological polar surface area (TPSA) is 50.8 Å². The molecule has 1 rings (SSSR count). The molecule has 1 heterocycles. The SMILES string of the molecule is CC(C)COCCOC(C)C(=O)N1CCNCC1. The summed E-state index contributed by atoms with van der Waals surface area (Å²) < 4.78 is 10.9. The molecular weight excluding hydrogens is 232 g/mol. The second-order valence-corrected chi connectivity index (χ2v) is 5.06. The first-order valence-corrected chi connectivity index (χ1v) is 6.80. The molecule has 1 atom stereocenters. The molecular formula is C13H26N2O3. The Morgan fingerprint density at radius 3 is 2.50 bits per heavy atom. The van der Waals surface area contributed by atoms with Crippen LogP contribution in [-0.4, -0.2) is 62.9 Å². The summed E-state index contributed by atoms with van der Waals surface area (Å²) in [7, 11) is 0. The third kappa shape index (κ3) is 5.80. The summed E-state index contributed by atoms with van der Waals surface area (Å²) >= 11 is 0. The van der Waals surface area contributed by atoms with Gasteiger partial charge in [-0.05, 0) is 12.8 Å². The Bertz CT molecular complexity index is 240. The zero-order valence-corrected chi connectivity index (χ0v) is 11.8. The van der Waals surface area contributed by atoms with E-state index in [1.807, 2.05) is 11.8 Å². The van der Waals surface area contributed by atoms with Crippen LogP contribution in [-0.2, 0) is 14.3 Å². The highest BCUT2D eigenvalue weighted by atomic mass is 16.5. The van der Waals surface area contributed by atoms with Crippen molar-refractivity contribution in [3.8, 4) is 0 Å². The van der Waals surface area contributed by atoms with Crippen molar-refractivity contribution in [2.45, 2.75) is 26.9 Å². The molecule has 0 bridgehead atoms. The van der Waals surface area contributed by atoms with Crippen LogP contribution in [0.5, 0.6) is 0 Å². The summed E-state index contributed by atoms with van der Waals surface area (Å²) in [6.07, 6.45) is -0.370. The average Bonchev–Trinajstić information content (AvgIpc) is 2.38. The maximum Gasteiger partial charge on any atom is 0.251 e. The lowest BCUT2D eigenvalue weighted by Gasteiger charge is -2.29. The molecule has 5 nitrogen and oxygen atoms in total. The van der Waals surface area contributed by atoms with Gasteiger partial charge in [0.1, 0.15) is 6.10 Å². The molecule has 1 aliphatic rings. The summed E-state index contributed by atoms with van der Waals surface area (Å²) in [5.41, 5.74) is 0. The normalized spacial score (nSPS) is 18.1. The third-order valence-electron chi connectivity index (χ3n) is 2.82. The van der Waals surface area contributed by atoms with Crippen molar-refractivity contribution in [3.05, 3.63) is 0 Å². The number of piperazine rings is 1. The van der Waals surface area contributed by atoms with Gasteiger partial charge in [-0.25, -0.2) is 0 Å². The first-order valence-electron chi connectivity index (χ1n) is 6.80. The fraction of sp³-hybridized carbons (Fsp3) is 0.923. The van der Waals surface area contributed by atoms with E-state index in [1.165, 1.54) is 0 Å². The van der Waals surface area contributed by atoms with Gasteiger partial charge in [-0.2, -0.15) is 0 Å². The summed E-state index contributed by atoms with van der Waals surface area (Å²) in [5.74, 6) is 0.616. The lowest BCUT2D eigenvalue weighted by Crippen LogP contribution is -2.49. The highest BCUT2D eigenvalue weighted by Gasteiger charge is 2.22. The van der Waals surface area contributed by atoms with Gasteiger partial charge in [0, 0.05) is 32.8 Å². The lowest BCUT2D eigenvalue weighted by atomic mass is 10.2. The molecule has 5 heteroatoms. The van der Waals surface area contributed by atoms with Gasteiger partial charge in [-0.3, -0.25) is 4.79 Å². The maximum atomic E-state index is 12.0. The number of carbonyl (C=O) groups excluding carboxylic acids is 1. The summed E-state index contributed by atoms with van der Waals surface area (Å²) in [5, 5.41) is 3.22. The first-order chi connectivity index (χ1) is 8.61. The van der Waals surface area contributed by atoms with E-state index in [4.69, 9.17) is 9.47 Å². The molecule has 0 aromatic heterocycles. The Morgan fingerprint density at radius 1 is 1.22 bits per heavy atom. The molecule has 1 fully saturated rings.